The highest BCUT2D eigenvalue weighted by Crippen LogP contribution is 2.33. The lowest BCUT2D eigenvalue weighted by atomic mass is 9.96. The third kappa shape index (κ3) is 4.67. The molecule has 0 bridgehead atoms. The van der Waals surface area contributed by atoms with Gasteiger partial charge < -0.3 is 15.0 Å². The number of pyridine rings is 1. The predicted molar refractivity (Wildman–Crippen MR) is 134 cm³/mol. The van der Waals surface area contributed by atoms with Crippen LogP contribution >= 0.6 is 11.8 Å². The summed E-state index contributed by atoms with van der Waals surface area (Å²) in [6, 6.07) is 10.8. The van der Waals surface area contributed by atoms with Crippen LogP contribution in [-0.2, 0) is 4.79 Å². The van der Waals surface area contributed by atoms with Crippen LogP contribution in [0.5, 0.6) is 0 Å². The Hall–Kier alpha value is -2.35. The van der Waals surface area contributed by atoms with E-state index in [1.165, 1.54) is 11.1 Å². The van der Waals surface area contributed by atoms with E-state index >= 15 is 0 Å². The third-order valence-corrected chi connectivity index (χ3v) is 8.05. The summed E-state index contributed by atoms with van der Waals surface area (Å²) in [5.41, 5.74) is 5.49. The average molecular weight is 465 g/mol. The molecule has 0 spiro atoms. The van der Waals surface area contributed by atoms with E-state index in [-0.39, 0.29) is 24.6 Å². The second-order valence-corrected chi connectivity index (χ2v) is 10.4. The molecule has 2 N–H and O–H groups in total. The molecule has 33 heavy (non-hydrogen) atoms. The molecular weight excluding hydrogens is 432 g/mol. The topological polar surface area (TPSA) is 72.5 Å². The van der Waals surface area contributed by atoms with Gasteiger partial charge in [-0.2, -0.15) is 11.8 Å². The molecule has 2 unspecified atom stereocenters. The van der Waals surface area contributed by atoms with E-state index in [2.05, 4.69) is 52.1 Å². The number of hydrogen-bond acceptors (Lipinski definition) is 5. The Kier molecular flexibility index (Phi) is 6.71. The minimum absolute atomic E-state index is 0.0243. The Morgan fingerprint density at radius 1 is 1.24 bits per heavy atom. The zero-order valence-electron chi connectivity index (χ0n) is 19.2. The molecule has 0 aliphatic carbocycles. The van der Waals surface area contributed by atoms with Crippen LogP contribution < -0.4 is 0 Å². The van der Waals surface area contributed by atoms with Gasteiger partial charge in [-0.05, 0) is 48.6 Å². The van der Waals surface area contributed by atoms with E-state index in [1.807, 2.05) is 29.1 Å². The second kappa shape index (κ2) is 9.87. The van der Waals surface area contributed by atoms with Crippen LogP contribution in [-0.4, -0.2) is 74.6 Å². The summed E-state index contributed by atoms with van der Waals surface area (Å²) in [6.45, 7) is 4.89. The van der Waals surface area contributed by atoms with Crippen LogP contribution in [0.3, 0.4) is 0 Å². The lowest BCUT2D eigenvalue weighted by Gasteiger charge is -2.36. The van der Waals surface area contributed by atoms with Crippen LogP contribution in [0, 0.1) is 6.92 Å². The summed E-state index contributed by atoms with van der Waals surface area (Å²) in [7, 11) is 0. The van der Waals surface area contributed by atoms with Gasteiger partial charge in [0.25, 0.3) is 0 Å². The van der Waals surface area contributed by atoms with Crippen molar-refractivity contribution in [3.05, 3.63) is 53.9 Å². The van der Waals surface area contributed by atoms with Gasteiger partial charge in [-0.3, -0.25) is 9.69 Å². The Labute approximate surface area is 199 Å². The minimum Gasteiger partial charge on any atom is -0.394 e. The van der Waals surface area contributed by atoms with Gasteiger partial charge in [0.15, 0.2) is 0 Å². The first kappa shape index (κ1) is 22.4. The molecule has 4 heterocycles. The number of thioether (sulfide) groups is 1. The predicted octanol–water partition coefficient (Wildman–Crippen LogP) is 4.00. The number of aliphatic hydroxyl groups excluding tert-OH is 1. The summed E-state index contributed by atoms with van der Waals surface area (Å²) >= 11 is 1.98. The number of aliphatic hydroxyl groups is 1. The monoisotopic (exact) mass is 464 g/mol. The molecule has 2 saturated heterocycles. The summed E-state index contributed by atoms with van der Waals surface area (Å²) in [4.78, 5) is 25.5. The summed E-state index contributed by atoms with van der Waals surface area (Å²) in [5, 5.41) is 10.9. The third-order valence-electron chi connectivity index (χ3n) is 7.11. The molecule has 1 aromatic carbocycles. The zero-order chi connectivity index (χ0) is 22.8. The highest BCUT2D eigenvalue weighted by molar-refractivity contribution is 7.99. The molecule has 174 valence electrons. The quantitative estimate of drug-likeness (QED) is 0.577. The number of likely N-dealkylation sites (tertiary alicyclic amines) is 1. The van der Waals surface area contributed by atoms with Crippen LogP contribution in [0.1, 0.15) is 36.4 Å². The molecule has 0 saturated carbocycles. The van der Waals surface area contributed by atoms with Gasteiger partial charge in [-0.1, -0.05) is 18.2 Å². The molecule has 5 rings (SSSR count). The fraction of sp³-hybridized carbons (Fsp3) is 0.462. The molecule has 1 amide bonds. The van der Waals surface area contributed by atoms with Crippen LogP contribution in [0.4, 0.5) is 0 Å². The Morgan fingerprint density at radius 2 is 2.09 bits per heavy atom. The number of aromatic nitrogens is 2. The van der Waals surface area contributed by atoms with E-state index < -0.39 is 0 Å². The van der Waals surface area contributed by atoms with E-state index in [0.29, 0.717) is 6.42 Å². The van der Waals surface area contributed by atoms with Crippen molar-refractivity contribution in [1.82, 2.24) is 19.8 Å². The highest BCUT2D eigenvalue weighted by Gasteiger charge is 2.32. The number of rotatable bonds is 6. The molecular formula is C26H32N4O2S. The Morgan fingerprint density at radius 3 is 2.91 bits per heavy atom. The fourth-order valence-electron chi connectivity index (χ4n) is 5.20. The minimum atomic E-state index is -0.0243. The van der Waals surface area contributed by atoms with Crippen molar-refractivity contribution < 1.29 is 9.90 Å². The van der Waals surface area contributed by atoms with Gasteiger partial charge in [-0.15, -0.1) is 0 Å². The standard InChI is InChI=1S/C26H32N4O2S/c1-18-15-27-26-23(18)13-21(16-28-26)19-4-2-5-20(12-19)24(29-8-10-33-11-9-29)14-25(32)30-7-3-6-22(30)17-31/h2,4-5,12-13,15-16,22,24,31H,3,6-11,14,17H2,1H3,(H,27,28). The number of carbonyl (C=O) groups excluding carboxylic acids is 1. The van der Waals surface area contributed by atoms with Gasteiger partial charge >= 0.3 is 0 Å². The van der Waals surface area contributed by atoms with Crippen molar-refractivity contribution >= 4 is 28.7 Å². The van der Waals surface area contributed by atoms with Crippen LogP contribution in [0.15, 0.2) is 42.7 Å². The smallest absolute Gasteiger partial charge is 0.224 e. The molecule has 2 atom stereocenters. The van der Waals surface area contributed by atoms with Gasteiger partial charge in [0.2, 0.25) is 5.91 Å². The van der Waals surface area contributed by atoms with E-state index in [9.17, 15) is 9.90 Å². The van der Waals surface area contributed by atoms with Crippen molar-refractivity contribution in [2.24, 2.45) is 0 Å². The van der Waals surface area contributed by atoms with E-state index in [1.54, 1.807) is 0 Å². The molecule has 7 heteroatoms. The number of benzene rings is 1. The fourth-order valence-corrected chi connectivity index (χ4v) is 6.13. The number of amides is 1. The van der Waals surface area contributed by atoms with Gasteiger partial charge in [0.1, 0.15) is 5.65 Å². The molecule has 2 fully saturated rings. The SMILES string of the molecule is Cc1c[nH]c2ncc(-c3cccc(C(CC(=O)N4CCCC4CO)N4CCSCC4)c3)cc12. The van der Waals surface area contributed by atoms with Crippen molar-refractivity contribution in [1.29, 1.82) is 0 Å². The van der Waals surface area contributed by atoms with Crippen molar-refractivity contribution in [2.45, 2.75) is 38.3 Å². The number of nitrogens with one attached hydrogen (secondary N) is 1. The van der Waals surface area contributed by atoms with Gasteiger partial charge in [-0.25, -0.2) is 4.98 Å². The summed E-state index contributed by atoms with van der Waals surface area (Å²) in [5.74, 6) is 2.35. The van der Waals surface area contributed by atoms with Crippen molar-refractivity contribution in [3.63, 3.8) is 0 Å². The first-order valence-electron chi connectivity index (χ1n) is 11.9. The number of carbonyl (C=O) groups is 1. The lowest BCUT2D eigenvalue weighted by molar-refractivity contribution is -0.134. The van der Waals surface area contributed by atoms with Gasteiger partial charge in [0, 0.05) is 66.9 Å². The van der Waals surface area contributed by atoms with E-state index in [4.69, 9.17) is 0 Å². The first-order chi connectivity index (χ1) is 16.1. The number of fused-ring (bicyclic) bond motifs is 1. The Bertz CT molecular complexity index is 1120. The zero-order valence-corrected chi connectivity index (χ0v) is 20.0. The van der Waals surface area contributed by atoms with Crippen LogP contribution in [0.2, 0.25) is 0 Å². The van der Waals surface area contributed by atoms with Crippen molar-refractivity contribution in [2.75, 3.05) is 37.7 Å². The molecule has 2 aromatic heterocycles. The largest absolute Gasteiger partial charge is 0.394 e. The maximum absolute atomic E-state index is 13.3. The number of aryl methyl sites for hydroxylation is 1. The normalized spacial score (nSPS) is 20.4. The van der Waals surface area contributed by atoms with E-state index in [0.717, 1.165) is 66.1 Å². The highest BCUT2D eigenvalue weighted by atomic mass is 32.2. The summed E-state index contributed by atoms with van der Waals surface area (Å²) < 4.78 is 0. The summed E-state index contributed by atoms with van der Waals surface area (Å²) in [6.07, 6.45) is 6.25. The number of H-pyrrole nitrogens is 1. The molecule has 6 nitrogen and oxygen atoms in total. The second-order valence-electron chi connectivity index (χ2n) is 9.15. The average Bonchev–Trinajstić information content (AvgIpc) is 3.49. The number of aromatic amines is 1. The maximum Gasteiger partial charge on any atom is 0.224 e. The maximum atomic E-state index is 13.3. The number of nitrogens with zero attached hydrogens (tertiary/aromatic N) is 3. The first-order valence-corrected chi connectivity index (χ1v) is 13.1. The molecule has 2 aliphatic heterocycles. The van der Waals surface area contributed by atoms with Gasteiger partial charge in [0.05, 0.1) is 12.6 Å². The van der Waals surface area contributed by atoms with Crippen molar-refractivity contribution in [3.8, 4) is 11.1 Å². The Balaban J connectivity index is 1.45. The molecule has 3 aromatic rings. The van der Waals surface area contributed by atoms with Crippen LogP contribution in [0.25, 0.3) is 22.2 Å². The number of hydrogen-bond donors (Lipinski definition) is 2. The molecule has 2 aliphatic rings. The molecule has 0 radical (unpaired) electrons. The lowest BCUT2D eigenvalue weighted by Crippen LogP contribution is -2.42.